The van der Waals surface area contributed by atoms with Crippen LogP contribution in [0.5, 0.6) is 0 Å². The molecule has 1 atom stereocenters. The number of nitrogens with two attached hydrogens (primary N) is 1. The molecular formula is C11H9F5N2O3S. The smallest absolute Gasteiger partial charge is 0.227 e. The number of carbonyl (C=O) groups is 1. The van der Waals surface area contributed by atoms with Crippen LogP contribution in [0.3, 0.4) is 0 Å². The van der Waals surface area contributed by atoms with E-state index in [9.17, 15) is 35.2 Å². The molecule has 1 aliphatic heterocycles. The Hall–Kier alpha value is -1.75. The summed E-state index contributed by atoms with van der Waals surface area (Å²) in [5.74, 6) is -13.5. The van der Waals surface area contributed by atoms with Crippen LogP contribution in [-0.4, -0.2) is 26.6 Å². The fourth-order valence-electron chi connectivity index (χ4n) is 2.27. The fraction of sp³-hybridized carbons (Fsp3) is 0.364. The third-order valence-electron chi connectivity index (χ3n) is 3.13. The van der Waals surface area contributed by atoms with E-state index in [1.54, 1.807) is 0 Å². The van der Waals surface area contributed by atoms with E-state index in [4.69, 9.17) is 5.14 Å². The summed E-state index contributed by atoms with van der Waals surface area (Å²) in [6.45, 7) is -0.520. The van der Waals surface area contributed by atoms with Gasteiger partial charge < -0.3 is 4.90 Å². The van der Waals surface area contributed by atoms with Crippen molar-refractivity contribution in [1.82, 2.24) is 0 Å². The van der Waals surface area contributed by atoms with Crippen LogP contribution in [0.2, 0.25) is 0 Å². The number of benzene rings is 1. The first-order valence-electron chi connectivity index (χ1n) is 5.85. The molecule has 1 saturated heterocycles. The molecule has 1 fully saturated rings. The SMILES string of the molecule is NS(=O)(=O)CC1CC(=O)N(c2c(F)c(F)c(F)c(F)c2F)C1. The molecule has 1 aromatic rings. The van der Waals surface area contributed by atoms with Crippen LogP contribution in [0.4, 0.5) is 27.6 Å². The van der Waals surface area contributed by atoms with Crippen molar-refractivity contribution < 1.29 is 35.2 Å². The van der Waals surface area contributed by atoms with Gasteiger partial charge in [0.1, 0.15) is 5.69 Å². The van der Waals surface area contributed by atoms with E-state index in [1.165, 1.54) is 0 Å². The zero-order valence-electron chi connectivity index (χ0n) is 10.7. The van der Waals surface area contributed by atoms with Crippen molar-refractivity contribution in [3.63, 3.8) is 0 Å². The molecule has 0 bridgehead atoms. The van der Waals surface area contributed by atoms with Gasteiger partial charge in [-0.15, -0.1) is 0 Å². The van der Waals surface area contributed by atoms with Gasteiger partial charge in [0.25, 0.3) is 0 Å². The minimum atomic E-state index is -3.95. The first-order chi connectivity index (χ1) is 10.0. The Labute approximate surface area is 121 Å². The molecule has 1 unspecified atom stereocenters. The van der Waals surface area contributed by atoms with E-state index >= 15 is 0 Å². The fourth-order valence-corrected chi connectivity index (χ4v) is 3.15. The Bertz CT molecular complexity index is 724. The van der Waals surface area contributed by atoms with Gasteiger partial charge in [0.05, 0.1) is 5.75 Å². The molecule has 2 rings (SSSR count). The van der Waals surface area contributed by atoms with Crippen molar-refractivity contribution in [3.05, 3.63) is 29.1 Å². The highest BCUT2D eigenvalue weighted by atomic mass is 32.2. The molecule has 1 amide bonds. The van der Waals surface area contributed by atoms with Crippen molar-refractivity contribution >= 4 is 21.6 Å². The number of hydrogen-bond donors (Lipinski definition) is 1. The molecule has 0 aromatic heterocycles. The molecule has 1 aliphatic rings. The number of anilines is 1. The Balaban J connectivity index is 2.43. The van der Waals surface area contributed by atoms with E-state index in [-0.39, 0.29) is 0 Å². The van der Waals surface area contributed by atoms with Crippen molar-refractivity contribution in [2.75, 3.05) is 17.2 Å². The second-order valence-electron chi connectivity index (χ2n) is 4.82. The van der Waals surface area contributed by atoms with Crippen molar-refractivity contribution in [2.45, 2.75) is 6.42 Å². The summed E-state index contributed by atoms with van der Waals surface area (Å²) >= 11 is 0. The molecule has 22 heavy (non-hydrogen) atoms. The molecule has 122 valence electrons. The van der Waals surface area contributed by atoms with Crippen molar-refractivity contribution in [2.24, 2.45) is 11.1 Å². The Morgan fingerprint density at radius 3 is 1.91 bits per heavy atom. The van der Waals surface area contributed by atoms with Gasteiger partial charge in [-0.05, 0) is 0 Å². The third kappa shape index (κ3) is 2.90. The molecule has 0 aliphatic carbocycles. The quantitative estimate of drug-likeness (QED) is 0.505. The van der Waals surface area contributed by atoms with Gasteiger partial charge in [0.15, 0.2) is 23.3 Å². The molecule has 1 aromatic carbocycles. The monoisotopic (exact) mass is 344 g/mol. The lowest BCUT2D eigenvalue weighted by atomic mass is 10.1. The highest BCUT2D eigenvalue weighted by molar-refractivity contribution is 7.89. The number of primary sulfonamides is 1. The van der Waals surface area contributed by atoms with E-state index in [1.807, 2.05) is 0 Å². The van der Waals surface area contributed by atoms with Crippen LogP contribution in [0.1, 0.15) is 6.42 Å². The van der Waals surface area contributed by atoms with Gasteiger partial charge in [0, 0.05) is 18.9 Å². The molecule has 0 saturated carbocycles. The highest BCUT2D eigenvalue weighted by Crippen LogP contribution is 2.34. The summed E-state index contributed by atoms with van der Waals surface area (Å²) in [5, 5.41) is 4.80. The van der Waals surface area contributed by atoms with E-state index in [0.717, 1.165) is 0 Å². The number of carbonyl (C=O) groups excluding carboxylic acids is 1. The van der Waals surface area contributed by atoms with Gasteiger partial charge in [-0.25, -0.2) is 35.5 Å². The summed E-state index contributed by atoms with van der Waals surface area (Å²) in [6.07, 6.45) is -0.435. The zero-order chi connectivity index (χ0) is 16.8. The second kappa shape index (κ2) is 5.47. The zero-order valence-corrected chi connectivity index (χ0v) is 11.6. The molecule has 11 heteroatoms. The Kier molecular flexibility index (Phi) is 4.13. The summed E-state index contributed by atoms with van der Waals surface area (Å²) in [4.78, 5) is 12.0. The topological polar surface area (TPSA) is 80.5 Å². The predicted octanol–water partition coefficient (Wildman–Crippen LogP) is 1.02. The number of nitrogens with zero attached hydrogens (tertiary/aromatic N) is 1. The van der Waals surface area contributed by atoms with Crippen LogP contribution in [-0.2, 0) is 14.8 Å². The molecule has 1 heterocycles. The standard InChI is InChI=1S/C11H9F5N2O3S/c12-6-7(13)9(15)11(10(16)8(6)14)18-2-4(1-5(18)19)3-22(17,20)21/h4H,1-3H2,(H2,17,20,21). The first kappa shape index (κ1) is 16.6. The van der Waals surface area contributed by atoms with E-state index in [0.29, 0.717) is 4.90 Å². The molecule has 0 spiro atoms. The van der Waals surface area contributed by atoms with Crippen molar-refractivity contribution in [1.29, 1.82) is 0 Å². The summed E-state index contributed by atoms with van der Waals surface area (Å²) in [5.41, 5.74) is -1.39. The largest absolute Gasteiger partial charge is 0.307 e. The van der Waals surface area contributed by atoms with Gasteiger partial charge in [-0.2, -0.15) is 0 Å². The Morgan fingerprint density at radius 1 is 1.00 bits per heavy atom. The van der Waals surface area contributed by atoms with Gasteiger partial charge in [-0.3, -0.25) is 4.79 Å². The van der Waals surface area contributed by atoms with Crippen LogP contribution < -0.4 is 10.0 Å². The van der Waals surface area contributed by atoms with Crippen LogP contribution in [0, 0.1) is 35.0 Å². The highest BCUT2D eigenvalue weighted by Gasteiger charge is 2.38. The normalized spacial score (nSPS) is 19.1. The average molecular weight is 344 g/mol. The average Bonchev–Trinajstić information content (AvgIpc) is 2.73. The summed E-state index contributed by atoms with van der Waals surface area (Å²) in [6, 6.07) is 0. The lowest BCUT2D eigenvalue weighted by molar-refractivity contribution is -0.117. The van der Waals surface area contributed by atoms with Crippen molar-refractivity contribution in [3.8, 4) is 0 Å². The molecule has 5 nitrogen and oxygen atoms in total. The number of halogens is 5. The summed E-state index contributed by atoms with van der Waals surface area (Å²) < 4.78 is 88.4. The summed E-state index contributed by atoms with van der Waals surface area (Å²) in [7, 11) is -3.95. The van der Waals surface area contributed by atoms with Crippen LogP contribution in [0.15, 0.2) is 0 Å². The van der Waals surface area contributed by atoms with Crippen LogP contribution in [0.25, 0.3) is 0 Å². The Morgan fingerprint density at radius 2 is 1.45 bits per heavy atom. The maximum absolute atomic E-state index is 13.6. The van der Waals surface area contributed by atoms with Gasteiger partial charge in [0.2, 0.25) is 21.7 Å². The first-order valence-corrected chi connectivity index (χ1v) is 7.56. The van der Waals surface area contributed by atoms with Gasteiger partial charge >= 0.3 is 0 Å². The van der Waals surface area contributed by atoms with Gasteiger partial charge in [-0.1, -0.05) is 0 Å². The molecular weight excluding hydrogens is 335 g/mol. The van der Waals surface area contributed by atoms with Crippen LogP contribution >= 0.6 is 0 Å². The predicted molar refractivity (Wildman–Crippen MR) is 64.7 cm³/mol. The number of hydrogen-bond acceptors (Lipinski definition) is 3. The maximum Gasteiger partial charge on any atom is 0.227 e. The maximum atomic E-state index is 13.6. The van der Waals surface area contributed by atoms with E-state index in [2.05, 4.69) is 0 Å². The molecule has 0 radical (unpaired) electrons. The third-order valence-corrected chi connectivity index (χ3v) is 4.07. The number of amides is 1. The second-order valence-corrected chi connectivity index (χ2v) is 6.48. The number of rotatable bonds is 3. The minimum absolute atomic E-state index is 0.339. The van der Waals surface area contributed by atoms with E-state index < -0.39 is 75.3 Å². The lowest BCUT2D eigenvalue weighted by Crippen LogP contribution is -2.29. The minimum Gasteiger partial charge on any atom is -0.307 e. The molecule has 2 N–H and O–H groups in total. The number of sulfonamides is 1. The lowest BCUT2D eigenvalue weighted by Gasteiger charge is -2.19.